The van der Waals surface area contributed by atoms with E-state index in [1.165, 1.54) is 0 Å². The van der Waals surface area contributed by atoms with Crippen LogP contribution >= 0.6 is 0 Å². The predicted octanol–water partition coefficient (Wildman–Crippen LogP) is -16.0. The summed E-state index contributed by atoms with van der Waals surface area (Å²) in [7, 11) is 0. The van der Waals surface area contributed by atoms with Crippen LogP contribution < -0.4 is 10.6 Å². The van der Waals surface area contributed by atoms with Crippen LogP contribution in [-0.2, 0) is 71.2 Å². The standard InChI is InChI=1S/C46H78N2O36/c1-10(55)47-19-26(62)35(16(7-53)73-40(19)71)80-41-20(48-11(2)56)27(63)36(17(8-54)78-41)81-45-34(70)38(83-46-39(30(66)23(59)14(5-51)77-46)84-44-32(68)29(65)22(58)13(4-50)76-44)25(61)18(79-45)9-72-42-33(69)37(24(60)15(6-52)74-42)82-43-31(67)28(64)21(57)12(3-49)75-43/h12-46,49-54,57-71H,3-9H2,1-2H3,(H,47,55)(H,48,56)/t12-,13-,14-,15-,16-,17-,18-,19-,20-,21-,22-,23-,24-,25-,26-,27-,28+,29+,30+,31+,32+,33+,34+,35-,36-,37+,38+,39+,40?,41+,42+,43-,44-,45+,46-/m1/s1. The molecule has 7 fully saturated rings. The molecular formula is C46H78N2O36. The third kappa shape index (κ3) is 14.7. The smallest absolute Gasteiger partial charge is 0.217 e. The Labute approximate surface area is 475 Å². The van der Waals surface area contributed by atoms with Gasteiger partial charge in [-0.05, 0) is 0 Å². The van der Waals surface area contributed by atoms with Crippen LogP contribution in [-0.4, -0.2) is 380 Å². The lowest BCUT2D eigenvalue weighted by Crippen LogP contribution is -2.70. The lowest BCUT2D eigenvalue weighted by molar-refractivity contribution is -0.398. The van der Waals surface area contributed by atoms with Crippen LogP contribution in [0.15, 0.2) is 0 Å². The van der Waals surface area contributed by atoms with Crippen molar-refractivity contribution >= 4 is 11.8 Å². The molecule has 38 nitrogen and oxygen atoms in total. The summed E-state index contributed by atoms with van der Waals surface area (Å²) in [5.74, 6) is -1.62. The number of carbonyl (C=O) groups is 2. The molecule has 35 atom stereocenters. The number of carbonyl (C=O) groups excluding carboxylic acids is 2. The van der Waals surface area contributed by atoms with Gasteiger partial charge in [0.05, 0.1) is 46.2 Å². The Bertz CT molecular complexity index is 2060. The van der Waals surface area contributed by atoms with Crippen molar-refractivity contribution in [3.63, 3.8) is 0 Å². The average molecular weight is 1240 g/mol. The quantitative estimate of drug-likeness (QED) is 0.0507. The second-order valence-electron chi connectivity index (χ2n) is 21.1. The van der Waals surface area contributed by atoms with E-state index in [0.717, 1.165) is 13.8 Å². The summed E-state index contributed by atoms with van der Waals surface area (Å²) >= 11 is 0. The summed E-state index contributed by atoms with van der Waals surface area (Å²) in [5, 5.41) is 232. The molecule has 84 heavy (non-hydrogen) atoms. The average Bonchev–Trinajstić information content (AvgIpc) is 1.78. The fourth-order valence-electron chi connectivity index (χ4n) is 10.7. The highest BCUT2D eigenvalue weighted by atomic mass is 16.8. The molecule has 7 saturated heterocycles. The van der Waals surface area contributed by atoms with Gasteiger partial charge in [0.1, 0.15) is 171 Å². The Balaban J connectivity index is 1.20. The van der Waals surface area contributed by atoms with Crippen molar-refractivity contribution in [2.75, 3.05) is 46.2 Å². The predicted molar refractivity (Wildman–Crippen MR) is 255 cm³/mol. The van der Waals surface area contributed by atoms with Crippen LogP contribution in [0.5, 0.6) is 0 Å². The van der Waals surface area contributed by atoms with Crippen molar-refractivity contribution < 1.29 is 178 Å². The highest BCUT2D eigenvalue weighted by molar-refractivity contribution is 5.73. The molecule has 0 bridgehead atoms. The summed E-state index contributed by atoms with van der Waals surface area (Å²) in [6.07, 6.45) is -65.9. The van der Waals surface area contributed by atoms with Crippen molar-refractivity contribution in [1.82, 2.24) is 10.6 Å². The molecule has 23 N–H and O–H groups in total. The van der Waals surface area contributed by atoms with Crippen molar-refractivity contribution in [3.05, 3.63) is 0 Å². The summed E-state index contributed by atoms with van der Waals surface area (Å²) in [5.41, 5.74) is 0. The van der Waals surface area contributed by atoms with E-state index < -0.39 is 273 Å². The fourth-order valence-corrected chi connectivity index (χ4v) is 10.7. The van der Waals surface area contributed by atoms with Gasteiger partial charge in [-0.1, -0.05) is 0 Å². The Morgan fingerprint density at radius 1 is 0.310 bits per heavy atom. The van der Waals surface area contributed by atoms with Gasteiger partial charge in [-0.3, -0.25) is 9.59 Å². The summed E-state index contributed by atoms with van der Waals surface area (Å²) in [4.78, 5) is 24.7. The summed E-state index contributed by atoms with van der Waals surface area (Å²) in [6, 6.07) is -3.40. The largest absolute Gasteiger partial charge is 0.394 e. The van der Waals surface area contributed by atoms with E-state index in [0.29, 0.717) is 0 Å². The van der Waals surface area contributed by atoms with Crippen molar-refractivity contribution in [2.45, 2.75) is 229 Å². The maximum Gasteiger partial charge on any atom is 0.217 e. The van der Waals surface area contributed by atoms with Crippen LogP contribution in [0.1, 0.15) is 13.8 Å². The van der Waals surface area contributed by atoms with E-state index >= 15 is 0 Å². The summed E-state index contributed by atoms with van der Waals surface area (Å²) in [6.45, 7) is -5.04. The zero-order chi connectivity index (χ0) is 61.9. The number of hydrogen-bond acceptors (Lipinski definition) is 36. The van der Waals surface area contributed by atoms with Gasteiger partial charge in [0.15, 0.2) is 44.0 Å². The normalized spacial score (nSPS) is 50.3. The van der Waals surface area contributed by atoms with Crippen molar-refractivity contribution in [1.29, 1.82) is 0 Å². The maximum atomic E-state index is 12.7. The van der Waals surface area contributed by atoms with Crippen molar-refractivity contribution in [2.24, 2.45) is 0 Å². The minimum atomic E-state index is -2.41. The zero-order valence-corrected chi connectivity index (χ0v) is 44.7. The van der Waals surface area contributed by atoms with E-state index in [9.17, 15) is 117 Å². The van der Waals surface area contributed by atoms with Crippen LogP contribution in [0.2, 0.25) is 0 Å². The molecule has 0 aliphatic carbocycles. The second kappa shape index (κ2) is 29.9. The number of aliphatic hydroxyl groups excluding tert-OH is 21. The van der Waals surface area contributed by atoms with Crippen LogP contribution in [0.4, 0.5) is 0 Å². The minimum absolute atomic E-state index is 0.744. The van der Waals surface area contributed by atoms with Gasteiger partial charge in [-0.15, -0.1) is 0 Å². The third-order valence-electron chi connectivity index (χ3n) is 15.3. The molecule has 38 heteroatoms. The fraction of sp³-hybridized carbons (Fsp3) is 0.957. The molecule has 7 heterocycles. The van der Waals surface area contributed by atoms with E-state index in [4.69, 9.17) is 61.6 Å². The number of rotatable bonds is 21. The molecule has 1 unspecified atom stereocenters. The van der Waals surface area contributed by atoms with Crippen LogP contribution in [0.25, 0.3) is 0 Å². The molecule has 7 aliphatic heterocycles. The molecule has 0 aromatic carbocycles. The van der Waals surface area contributed by atoms with E-state index in [1.807, 2.05) is 0 Å². The molecule has 0 aromatic rings. The number of amides is 2. The molecule has 0 aromatic heterocycles. The first kappa shape index (κ1) is 69.1. The zero-order valence-electron chi connectivity index (χ0n) is 44.7. The molecule has 0 radical (unpaired) electrons. The Morgan fingerprint density at radius 3 is 1.14 bits per heavy atom. The van der Waals surface area contributed by atoms with Crippen LogP contribution in [0, 0.1) is 0 Å². The Morgan fingerprint density at radius 2 is 0.643 bits per heavy atom. The van der Waals surface area contributed by atoms with Crippen LogP contribution in [0.3, 0.4) is 0 Å². The van der Waals surface area contributed by atoms with E-state index in [1.54, 1.807) is 0 Å². The van der Waals surface area contributed by atoms with Gasteiger partial charge in [0, 0.05) is 13.8 Å². The van der Waals surface area contributed by atoms with Gasteiger partial charge >= 0.3 is 0 Å². The lowest BCUT2D eigenvalue weighted by atomic mass is 9.94. The monoisotopic (exact) mass is 1230 g/mol. The molecular weight excluding hydrogens is 1160 g/mol. The lowest BCUT2D eigenvalue weighted by Gasteiger charge is -2.50. The number of ether oxygens (including phenoxy) is 13. The topological polar surface area (TPSA) is 603 Å². The van der Waals surface area contributed by atoms with Gasteiger partial charge in [-0.2, -0.15) is 0 Å². The summed E-state index contributed by atoms with van der Waals surface area (Å²) < 4.78 is 74.6. The third-order valence-corrected chi connectivity index (χ3v) is 15.3. The van der Waals surface area contributed by atoms with E-state index in [-0.39, 0.29) is 0 Å². The number of hydrogen-bond donors (Lipinski definition) is 23. The molecule has 0 spiro atoms. The van der Waals surface area contributed by atoms with Gasteiger partial charge in [0.2, 0.25) is 11.8 Å². The van der Waals surface area contributed by atoms with Crippen molar-refractivity contribution in [3.8, 4) is 0 Å². The second-order valence-corrected chi connectivity index (χ2v) is 21.1. The van der Waals surface area contributed by atoms with E-state index in [2.05, 4.69) is 10.6 Å². The molecule has 488 valence electrons. The Kier molecular flexibility index (Phi) is 24.6. The first-order valence-electron chi connectivity index (χ1n) is 26.6. The van der Waals surface area contributed by atoms with Gasteiger partial charge in [-0.25, -0.2) is 0 Å². The van der Waals surface area contributed by atoms with Gasteiger partial charge in [0.25, 0.3) is 0 Å². The molecule has 7 aliphatic rings. The molecule has 7 rings (SSSR count). The number of nitrogens with one attached hydrogen (secondary N) is 2. The molecule has 0 saturated carbocycles. The highest BCUT2D eigenvalue weighted by Crippen LogP contribution is 2.38. The van der Waals surface area contributed by atoms with Gasteiger partial charge < -0.3 is 179 Å². The molecule has 2 amide bonds. The highest BCUT2D eigenvalue weighted by Gasteiger charge is 2.59. The minimum Gasteiger partial charge on any atom is -0.394 e. The first-order chi connectivity index (χ1) is 39.7. The SMILES string of the molecule is CC(=O)N[C@H]1[C@H](O[C@H]2[C@H](O)[C@@H](NC(C)=O)C(O)O[C@@H]2CO)O[C@H](CO)[C@@H](O[C@@H]2O[C@H](CO[C@H]3O[C@H](CO)[C@@H](O)[C@H](O[C@H]4O[C@H](CO)[C@@H](O)[C@H](O)[C@@H]4O)[C@@H]3O)[C@@H](O)[C@H](O[C@H]3O[C@H](CO)[C@@H](O)[C@H](O)[C@@H]3O[C@H]3O[C@H](CO)[C@@H](O)[C@H](O)[C@@H]3O)[C@@H]2O)[C@@H]1O. The maximum absolute atomic E-state index is 12.7. The Hall–Kier alpha value is -2.42. The first-order valence-corrected chi connectivity index (χ1v) is 26.6. The number of aliphatic hydroxyl groups is 21.